The first-order valence-electron chi connectivity index (χ1n) is 9.43. The van der Waals surface area contributed by atoms with E-state index in [-0.39, 0.29) is 19.8 Å². The summed E-state index contributed by atoms with van der Waals surface area (Å²) < 4.78 is 16.9. The van der Waals surface area contributed by atoms with E-state index >= 15 is 0 Å². The average molecular weight is 415 g/mol. The molecule has 1 amide bonds. The second kappa shape index (κ2) is 12.3. The number of carbonyl (C=O) groups excluding carboxylic acids is 1. The number of hydrogen-bond donors (Lipinski definition) is 3. The summed E-state index contributed by atoms with van der Waals surface area (Å²) >= 11 is 0. The number of rotatable bonds is 11. The van der Waals surface area contributed by atoms with E-state index in [2.05, 4.69) is 5.32 Å². The van der Waals surface area contributed by atoms with E-state index in [9.17, 15) is 9.59 Å². The van der Waals surface area contributed by atoms with Gasteiger partial charge in [-0.15, -0.1) is 0 Å². The van der Waals surface area contributed by atoms with E-state index in [0.717, 1.165) is 6.08 Å². The number of aliphatic carboxylic acids is 1. The summed E-state index contributed by atoms with van der Waals surface area (Å²) in [6, 6.07) is 15.6. The third kappa shape index (κ3) is 7.23. The molecule has 0 unspecified atom stereocenters. The van der Waals surface area contributed by atoms with Crippen molar-refractivity contribution in [1.29, 1.82) is 0 Å². The Kier molecular flexibility index (Phi) is 9.36. The van der Waals surface area contributed by atoms with Gasteiger partial charge in [0.25, 0.3) is 0 Å². The number of aliphatic hydroxyl groups excluding tert-OH is 1. The van der Waals surface area contributed by atoms with Crippen molar-refractivity contribution in [3.8, 4) is 5.75 Å². The van der Waals surface area contributed by atoms with Gasteiger partial charge in [0.2, 0.25) is 0 Å². The van der Waals surface area contributed by atoms with Crippen LogP contribution in [-0.4, -0.2) is 48.2 Å². The number of amides is 1. The molecule has 0 aliphatic rings. The lowest BCUT2D eigenvalue weighted by Crippen LogP contribution is -2.28. The molecule has 30 heavy (non-hydrogen) atoms. The molecule has 0 spiro atoms. The molecule has 160 valence electrons. The number of hydrogen-bond acceptors (Lipinski definition) is 6. The minimum atomic E-state index is -1.16. The molecule has 2 aromatic carbocycles. The summed E-state index contributed by atoms with van der Waals surface area (Å²) in [4.78, 5) is 23.6. The Labute approximate surface area is 174 Å². The third-order valence-corrected chi connectivity index (χ3v) is 3.91. The molecule has 0 fully saturated rings. The third-order valence-electron chi connectivity index (χ3n) is 3.91. The smallest absolute Gasteiger partial charge is 0.412 e. The van der Waals surface area contributed by atoms with Crippen LogP contribution in [0.1, 0.15) is 18.6 Å². The van der Waals surface area contributed by atoms with Crippen LogP contribution >= 0.6 is 0 Å². The van der Waals surface area contributed by atoms with Crippen LogP contribution in [0.4, 0.5) is 10.5 Å². The van der Waals surface area contributed by atoms with Gasteiger partial charge in [0.1, 0.15) is 18.5 Å². The second-order valence-electron chi connectivity index (χ2n) is 6.04. The Balaban J connectivity index is 2.36. The summed E-state index contributed by atoms with van der Waals surface area (Å²) in [5, 5.41) is 20.7. The van der Waals surface area contributed by atoms with Crippen molar-refractivity contribution in [3.05, 3.63) is 72.3 Å². The maximum Gasteiger partial charge on any atom is 0.412 e. The minimum absolute atomic E-state index is 0.0458. The lowest BCUT2D eigenvalue weighted by molar-refractivity contribution is -0.131. The summed E-state index contributed by atoms with van der Waals surface area (Å²) in [6.07, 6.45) is -0.375. The highest BCUT2D eigenvalue weighted by atomic mass is 16.6. The highest BCUT2D eigenvalue weighted by molar-refractivity contribution is 5.84. The lowest BCUT2D eigenvalue weighted by Gasteiger charge is -2.26. The van der Waals surface area contributed by atoms with Gasteiger partial charge in [0.15, 0.2) is 6.10 Å². The van der Waals surface area contributed by atoms with Gasteiger partial charge in [-0.05, 0) is 31.2 Å². The van der Waals surface area contributed by atoms with Crippen LogP contribution < -0.4 is 10.1 Å². The molecule has 2 aromatic rings. The van der Waals surface area contributed by atoms with E-state index < -0.39 is 24.3 Å². The van der Waals surface area contributed by atoms with Crippen LogP contribution in [0.25, 0.3) is 0 Å². The van der Waals surface area contributed by atoms with Crippen LogP contribution in [0, 0.1) is 0 Å². The van der Waals surface area contributed by atoms with Gasteiger partial charge >= 0.3 is 12.1 Å². The van der Waals surface area contributed by atoms with E-state index in [4.69, 9.17) is 24.4 Å². The first-order valence-corrected chi connectivity index (χ1v) is 9.43. The van der Waals surface area contributed by atoms with Crippen molar-refractivity contribution in [2.45, 2.75) is 19.1 Å². The molecule has 0 saturated carbocycles. The SMILES string of the molecule is CCO[C@H](/C=C/C(=O)O)[C@H](OC(=O)Nc1ccccc1)c1ccccc1OCCO. The van der Waals surface area contributed by atoms with Crippen molar-refractivity contribution >= 4 is 17.7 Å². The molecule has 0 radical (unpaired) electrons. The maximum atomic E-state index is 12.6. The fourth-order valence-electron chi connectivity index (χ4n) is 2.71. The zero-order valence-electron chi connectivity index (χ0n) is 16.6. The normalized spacial score (nSPS) is 12.9. The molecule has 0 heterocycles. The maximum absolute atomic E-state index is 12.6. The van der Waals surface area contributed by atoms with Gasteiger partial charge in [0.05, 0.1) is 6.61 Å². The van der Waals surface area contributed by atoms with Gasteiger partial charge in [-0.2, -0.15) is 0 Å². The van der Waals surface area contributed by atoms with Crippen LogP contribution in [0.5, 0.6) is 5.75 Å². The Morgan fingerprint density at radius 3 is 2.47 bits per heavy atom. The minimum Gasteiger partial charge on any atom is -0.491 e. The van der Waals surface area contributed by atoms with E-state index in [1.807, 2.05) is 6.07 Å². The lowest BCUT2D eigenvalue weighted by atomic mass is 10.0. The number of benzene rings is 2. The fraction of sp³-hybridized carbons (Fsp3) is 0.273. The number of ether oxygens (including phenoxy) is 3. The molecule has 8 nitrogen and oxygen atoms in total. The highest BCUT2D eigenvalue weighted by Gasteiger charge is 2.29. The van der Waals surface area contributed by atoms with Crippen molar-refractivity contribution in [1.82, 2.24) is 0 Å². The van der Waals surface area contributed by atoms with E-state index in [0.29, 0.717) is 17.0 Å². The Bertz CT molecular complexity index is 838. The number of aliphatic hydroxyl groups is 1. The molecule has 3 N–H and O–H groups in total. The van der Waals surface area contributed by atoms with E-state index in [1.54, 1.807) is 55.5 Å². The number of carboxylic acids is 1. The van der Waals surface area contributed by atoms with Crippen LogP contribution in [0.2, 0.25) is 0 Å². The predicted molar refractivity (Wildman–Crippen MR) is 110 cm³/mol. The zero-order chi connectivity index (χ0) is 21.8. The molecule has 0 saturated heterocycles. The summed E-state index contributed by atoms with van der Waals surface area (Å²) in [5.74, 6) is -0.769. The van der Waals surface area contributed by atoms with Crippen molar-refractivity contribution in [3.63, 3.8) is 0 Å². The van der Waals surface area contributed by atoms with Gasteiger partial charge in [-0.25, -0.2) is 9.59 Å². The topological polar surface area (TPSA) is 114 Å². The van der Waals surface area contributed by atoms with Crippen molar-refractivity contribution < 1.29 is 34.0 Å². The van der Waals surface area contributed by atoms with E-state index in [1.165, 1.54) is 6.08 Å². The Morgan fingerprint density at radius 2 is 1.80 bits per heavy atom. The molecule has 0 aliphatic carbocycles. The first kappa shape index (κ1) is 22.9. The zero-order valence-corrected chi connectivity index (χ0v) is 16.6. The summed E-state index contributed by atoms with van der Waals surface area (Å²) in [7, 11) is 0. The molecule has 0 aromatic heterocycles. The molecular formula is C22H25NO7. The predicted octanol–water partition coefficient (Wildman–Crippen LogP) is 3.39. The van der Waals surface area contributed by atoms with Gasteiger partial charge in [-0.3, -0.25) is 5.32 Å². The number of anilines is 1. The van der Waals surface area contributed by atoms with Gasteiger partial charge in [-0.1, -0.05) is 36.4 Å². The summed E-state index contributed by atoms with van der Waals surface area (Å²) in [6.45, 7) is 1.86. The van der Waals surface area contributed by atoms with Crippen LogP contribution in [0.3, 0.4) is 0 Å². The fourth-order valence-corrected chi connectivity index (χ4v) is 2.71. The monoisotopic (exact) mass is 415 g/mol. The average Bonchev–Trinajstić information content (AvgIpc) is 2.74. The van der Waals surface area contributed by atoms with Gasteiger partial charge < -0.3 is 24.4 Å². The quantitative estimate of drug-likeness (QED) is 0.482. The Morgan fingerprint density at radius 1 is 1.10 bits per heavy atom. The van der Waals surface area contributed by atoms with Crippen molar-refractivity contribution in [2.24, 2.45) is 0 Å². The summed E-state index contributed by atoms with van der Waals surface area (Å²) in [5.41, 5.74) is 1.02. The first-order chi connectivity index (χ1) is 14.5. The highest BCUT2D eigenvalue weighted by Crippen LogP contribution is 2.32. The second-order valence-corrected chi connectivity index (χ2v) is 6.04. The molecule has 0 aliphatic heterocycles. The van der Waals surface area contributed by atoms with Gasteiger partial charge in [0, 0.05) is 23.9 Å². The number of carbonyl (C=O) groups is 2. The number of nitrogens with one attached hydrogen (secondary N) is 1. The number of para-hydroxylation sites is 2. The molecule has 2 rings (SSSR count). The molecule has 0 bridgehead atoms. The standard InChI is InChI=1S/C22H25NO7/c1-2-28-19(12-13-20(25)26)21(17-10-6-7-11-18(17)29-15-14-24)30-22(27)23-16-8-4-3-5-9-16/h3-13,19,21,24H,2,14-15H2,1H3,(H,23,27)(H,25,26)/b13-12+/t19-,21-/m1/s1. The molecule has 2 atom stereocenters. The Hall–Kier alpha value is -3.36. The van der Waals surface area contributed by atoms with Crippen molar-refractivity contribution in [2.75, 3.05) is 25.1 Å². The van der Waals surface area contributed by atoms with Crippen LogP contribution in [0.15, 0.2) is 66.7 Å². The molecular weight excluding hydrogens is 390 g/mol. The molecule has 8 heteroatoms. The van der Waals surface area contributed by atoms with Crippen LogP contribution in [-0.2, 0) is 14.3 Å². The number of carboxylic acid groups (broad SMARTS) is 1. The largest absolute Gasteiger partial charge is 0.491 e.